The van der Waals surface area contributed by atoms with Gasteiger partial charge in [0.05, 0.1) is 6.10 Å². The van der Waals surface area contributed by atoms with Gasteiger partial charge in [0.15, 0.2) is 20.4 Å². The number of fused-ring (bicyclic) bond motifs is 1. The fraction of sp³-hybridized carbons (Fsp3) is 0.833. The second-order valence-corrected chi connectivity index (χ2v) is 14.6. The number of hydrogen-bond acceptors (Lipinski definition) is 4. The van der Waals surface area contributed by atoms with Gasteiger partial charge in [-0.05, 0) is 44.3 Å². The third-order valence-corrected chi connectivity index (χ3v) is 10.8. The number of rotatable bonds is 4. The van der Waals surface area contributed by atoms with Crippen LogP contribution in [0.1, 0.15) is 73.6 Å². The van der Waals surface area contributed by atoms with E-state index in [1.807, 2.05) is 13.8 Å². The van der Waals surface area contributed by atoms with Crippen molar-refractivity contribution in [3.8, 4) is 0 Å². The molecule has 3 fully saturated rings. The molecule has 0 amide bonds. The first-order chi connectivity index (χ1) is 15.0. The molecule has 4 atom stereocenters. The van der Waals surface area contributed by atoms with Gasteiger partial charge in [-0.15, -0.1) is 0 Å². The zero-order valence-corrected chi connectivity index (χ0v) is 24.4. The molecule has 0 unspecified atom stereocenters. The van der Waals surface area contributed by atoms with Gasteiger partial charge in [0.25, 0.3) is 0 Å². The molecular formula is C24H41MoO7Si+. The summed E-state index contributed by atoms with van der Waals surface area (Å²) in [5.41, 5.74) is 0. The molecule has 9 heteroatoms. The van der Waals surface area contributed by atoms with E-state index in [4.69, 9.17) is 32.6 Å². The van der Waals surface area contributed by atoms with Crippen LogP contribution in [0.2, 0.25) is 18.1 Å². The summed E-state index contributed by atoms with van der Waals surface area (Å²) in [5, 5.41) is 0.179. The van der Waals surface area contributed by atoms with Crippen LogP contribution in [0.25, 0.3) is 0 Å². The molecule has 33 heavy (non-hydrogen) atoms. The van der Waals surface area contributed by atoms with Crippen molar-refractivity contribution in [2.75, 3.05) is 0 Å². The summed E-state index contributed by atoms with van der Waals surface area (Å²) in [6.45, 7) is 33.9. The molecule has 7 nitrogen and oxygen atoms in total. The van der Waals surface area contributed by atoms with E-state index in [0.29, 0.717) is 0 Å². The van der Waals surface area contributed by atoms with Crippen LogP contribution in [0, 0.1) is 32.8 Å². The van der Waals surface area contributed by atoms with Crippen LogP contribution >= 0.6 is 0 Å². The van der Waals surface area contributed by atoms with Crippen LogP contribution in [0.4, 0.5) is 0 Å². The van der Waals surface area contributed by atoms with E-state index in [1.165, 1.54) is 25.7 Å². The minimum Gasteiger partial charge on any atom is -0.346 e. The van der Waals surface area contributed by atoms with Crippen molar-refractivity contribution in [3.63, 3.8) is 0 Å². The zero-order valence-electron chi connectivity index (χ0n) is 21.4. The molecule has 3 rings (SSSR count). The average molecular weight is 566 g/mol. The predicted octanol–water partition coefficient (Wildman–Crippen LogP) is 5.56. The standard InChI is InChI=1S/C19H36O4Si.C2H5.3CO.Mo/c1-18(2,3)24(6,7)23-15-14(12-13-10-8-9-11-13)20-17-16(15)21-19(4,5)22-17;4*1-2;/h13-17H,8-12H2,1-7H3;1H2,2H3;;;;/q;-1;;;;+2/t14-,15+,16-,17-;;;;;/m1...../s1. The molecule has 1 aliphatic carbocycles. The quantitative estimate of drug-likeness (QED) is 0.253. The molecule has 0 radical (unpaired) electrons. The molecule has 3 aliphatic rings. The normalized spacial score (nSPS) is 27.4. The maximum atomic E-state index is 7.50. The maximum Gasteiger partial charge on any atom is 2.00 e. The minimum atomic E-state index is -1.89. The van der Waals surface area contributed by atoms with Gasteiger partial charge in [-0.2, -0.15) is 6.92 Å². The topological polar surface area (TPSA) is 96.6 Å². The Labute approximate surface area is 216 Å². The Morgan fingerprint density at radius 3 is 1.85 bits per heavy atom. The van der Waals surface area contributed by atoms with Crippen molar-refractivity contribution in [2.24, 2.45) is 5.92 Å². The summed E-state index contributed by atoms with van der Waals surface area (Å²) in [6.07, 6.45) is 6.19. The Kier molecular flexibility index (Phi) is 19.8. The maximum absolute atomic E-state index is 7.50. The van der Waals surface area contributed by atoms with Crippen molar-refractivity contribution >= 4 is 8.32 Å². The Morgan fingerprint density at radius 2 is 1.42 bits per heavy atom. The van der Waals surface area contributed by atoms with E-state index < -0.39 is 14.1 Å². The molecule has 0 spiro atoms. The summed E-state index contributed by atoms with van der Waals surface area (Å²) in [4.78, 5) is 0. The van der Waals surface area contributed by atoms with E-state index in [1.54, 1.807) is 6.92 Å². The van der Waals surface area contributed by atoms with Crippen LogP contribution < -0.4 is 0 Å². The smallest absolute Gasteiger partial charge is 0.346 e. The first-order valence-corrected chi connectivity index (χ1v) is 13.9. The summed E-state index contributed by atoms with van der Waals surface area (Å²) >= 11 is 0. The van der Waals surface area contributed by atoms with Crippen molar-refractivity contribution in [3.05, 3.63) is 26.9 Å². The molecule has 1 saturated carbocycles. The number of ether oxygens (including phenoxy) is 3. The van der Waals surface area contributed by atoms with Crippen LogP contribution in [0.3, 0.4) is 0 Å². The fourth-order valence-corrected chi connectivity index (χ4v) is 5.29. The zero-order chi connectivity index (χ0) is 25.8. The molecule has 2 saturated heterocycles. The fourth-order valence-electron chi connectivity index (χ4n) is 3.97. The van der Waals surface area contributed by atoms with E-state index >= 15 is 0 Å². The predicted molar refractivity (Wildman–Crippen MR) is 120 cm³/mol. The van der Waals surface area contributed by atoms with Gasteiger partial charge >= 0.3 is 55.0 Å². The Bertz CT molecular complexity index is 563. The first-order valence-electron chi connectivity index (χ1n) is 11.0. The minimum absolute atomic E-state index is 0. The van der Waals surface area contributed by atoms with Crippen molar-refractivity contribution in [2.45, 2.75) is 122 Å². The Balaban J connectivity index is -0.000000905. The molecule has 2 aliphatic heterocycles. The van der Waals surface area contributed by atoms with Gasteiger partial charge in [0.1, 0.15) is 12.2 Å². The van der Waals surface area contributed by atoms with E-state index in [9.17, 15) is 0 Å². The molecular weight excluding hydrogens is 524 g/mol. The Morgan fingerprint density at radius 1 is 0.970 bits per heavy atom. The van der Waals surface area contributed by atoms with Crippen LogP contribution in [-0.2, 0) is 53.7 Å². The van der Waals surface area contributed by atoms with Crippen LogP contribution in [0.15, 0.2) is 0 Å². The average Bonchev–Trinajstić information content (AvgIpc) is 3.44. The third-order valence-electron chi connectivity index (χ3n) is 6.36. The molecule has 0 aromatic carbocycles. The number of hydrogen-bond donors (Lipinski definition) is 0. The summed E-state index contributed by atoms with van der Waals surface area (Å²) in [6, 6.07) is 0. The molecule has 2 heterocycles. The van der Waals surface area contributed by atoms with Crippen LogP contribution in [0.5, 0.6) is 0 Å². The van der Waals surface area contributed by atoms with Crippen LogP contribution in [-0.4, -0.2) is 38.7 Å². The van der Waals surface area contributed by atoms with Gasteiger partial charge in [-0.25, -0.2) is 0 Å². The summed E-state index contributed by atoms with van der Waals surface area (Å²) < 4.78 is 47.8. The molecule has 0 aromatic heterocycles. The van der Waals surface area contributed by atoms with Gasteiger partial charge < -0.3 is 25.6 Å². The van der Waals surface area contributed by atoms with Gasteiger partial charge in [-0.1, -0.05) is 46.5 Å². The monoisotopic (exact) mass is 567 g/mol. The van der Waals surface area contributed by atoms with E-state index in [-0.39, 0.29) is 50.7 Å². The molecule has 188 valence electrons. The first kappa shape index (κ1) is 37.5. The van der Waals surface area contributed by atoms with Crippen molar-refractivity contribution in [1.29, 1.82) is 0 Å². The second kappa shape index (κ2) is 17.4. The van der Waals surface area contributed by atoms with Crippen molar-refractivity contribution < 1.29 is 53.7 Å². The van der Waals surface area contributed by atoms with E-state index in [0.717, 1.165) is 12.3 Å². The summed E-state index contributed by atoms with van der Waals surface area (Å²) in [7, 11) is -1.89. The van der Waals surface area contributed by atoms with Crippen molar-refractivity contribution in [1.82, 2.24) is 0 Å². The van der Waals surface area contributed by atoms with Gasteiger partial charge in [-0.3, -0.25) is 0 Å². The van der Waals surface area contributed by atoms with Gasteiger partial charge in [0, 0.05) is 0 Å². The Hall–Kier alpha value is -0.0348. The third kappa shape index (κ3) is 11.1. The van der Waals surface area contributed by atoms with E-state index in [2.05, 4.69) is 60.7 Å². The largest absolute Gasteiger partial charge is 2.00 e. The summed E-state index contributed by atoms with van der Waals surface area (Å²) in [5.74, 6) is 0.190. The molecule has 0 N–H and O–H groups in total. The van der Waals surface area contributed by atoms with Gasteiger partial charge in [0.2, 0.25) is 0 Å². The molecule has 0 aromatic rings. The second-order valence-electron chi connectivity index (χ2n) is 9.87. The SMILES string of the molecule is CC1(C)O[C@H]2O[C@H](CC3CCCC3)[C@H](O[Si](C)(C)C(C)(C)C)[C@H]2O1.[C-]#[O+].[C-]#[O+].[C-]#[O+].[CH2-]C.[Mo+2]. The molecule has 0 bridgehead atoms.